The molecule has 0 spiro atoms. The highest BCUT2D eigenvalue weighted by Crippen LogP contribution is 2.41. The lowest BCUT2D eigenvalue weighted by Crippen LogP contribution is -2.37. The zero-order valence-electron chi connectivity index (χ0n) is 21.6. The maximum Gasteiger partial charge on any atom is 0.338 e. The summed E-state index contributed by atoms with van der Waals surface area (Å²) in [6, 6.07) is 23.7. The molecule has 3 N–H and O–H groups in total. The summed E-state index contributed by atoms with van der Waals surface area (Å²) in [4.78, 5) is 20.0. The van der Waals surface area contributed by atoms with Crippen LogP contribution < -0.4 is 15.4 Å². The quantitative estimate of drug-likeness (QED) is 0.154. The van der Waals surface area contributed by atoms with E-state index in [-0.39, 0.29) is 12.4 Å². The minimum absolute atomic E-state index is 0.0581. The molecule has 5 aromatic rings. The van der Waals surface area contributed by atoms with E-state index in [0.29, 0.717) is 23.6 Å². The monoisotopic (exact) mass is 534 g/mol. The number of nitrogens with zero attached hydrogens (tertiary/aromatic N) is 2. The Kier molecular flexibility index (Phi) is 6.63. The van der Waals surface area contributed by atoms with Crippen molar-refractivity contribution >= 4 is 45.3 Å². The minimum atomic E-state index is -1.06. The normalized spacial score (nSPS) is 16.5. The van der Waals surface area contributed by atoms with E-state index in [1.165, 1.54) is 12.4 Å². The molecule has 1 aliphatic heterocycles. The Balaban J connectivity index is 1.25. The second-order valence-corrected chi connectivity index (χ2v) is 9.47. The van der Waals surface area contributed by atoms with Gasteiger partial charge < -0.3 is 29.6 Å². The van der Waals surface area contributed by atoms with Crippen LogP contribution >= 0.6 is 0 Å². The lowest BCUT2D eigenvalue weighted by Gasteiger charge is -2.27. The van der Waals surface area contributed by atoms with Crippen molar-refractivity contribution in [2.45, 2.75) is 19.2 Å². The number of aliphatic imine (C=N–C) groups is 1. The Morgan fingerprint density at radius 3 is 2.75 bits per heavy atom. The van der Waals surface area contributed by atoms with Crippen LogP contribution in [0.4, 0.5) is 11.4 Å². The molecular formula is C31H26N4O5. The van der Waals surface area contributed by atoms with Gasteiger partial charge in [0, 0.05) is 35.1 Å². The highest BCUT2D eigenvalue weighted by atomic mass is 16.7. The Bertz CT molecular complexity index is 1760. The van der Waals surface area contributed by atoms with Crippen molar-refractivity contribution < 1.29 is 23.8 Å². The molecule has 0 saturated carbocycles. The third kappa shape index (κ3) is 4.97. The van der Waals surface area contributed by atoms with Crippen LogP contribution in [0.2, 0.25) is 0 Å². The lowest BCUT2D eigenvalue weighted by molar-refractivity contribution is -0.132. The number of furan rings is 1. The molecule has 9 nitrogen and oxygen atoms in total. The van der Waals surface area contributed by atoms with Gasteiger partial charge in [-0.2, -0.15) is 0 Å². The topological polar surface area (TPSA) is 118 Å². The highest BCUT2D eigenvalue weighted by Gasteiger charge is 2.35. The predicted octanol–water partition coefficient (Wildman–Crippen LogP) is 6.09. The number of pyridine rings is 1. The van der Waals surface area contributed by atoms with Gasteiger partial charge in [-0.05, 0) is 48.2 Å². The molecule has 1 atom stereocenters. The van der Waals surface area contributed by atoms with E-state index < -0.39 is 11.6 Å². The Morgan fingerprint density at radius 2 is 1.95 bits per heavy atom. The molecule has 1 aliphatic rings. The number of aromatic nitrogens is 1. The molecule has 9 heteroatoms. The fourth-order valence-electron chi connectivity index (χ4n) is 4.59. The average molecular weight is 535 g/mol. The summed E-state index contributed by atoms with van der Waals surface area (Å²) in [6.07, 6.45) is 6.09. The van der Waals surface area contributed by atoms with Crippen molar-refractivity contribution in [1.29, 1.82) is 0 Å². The molecule has 0 fully saturated rings. The first kappa shape index (κ1) is 25.1. The van der Waals surface area contributed by atoms with Crippen molar-refractivity contribution in [2.75, 3.05) is 12.1 Å². The van der Waals surface area contributed by atoms with E-state index in [9.17, 15) is 9.90 Å². The summed E-state index contributed by atoms with van der Waals surface area (Å²) in [5.41, 5.74) is 2.23. The van der Waals surface area contributed by atoms with Crippen LogP contribution in [0, 0.1) is 0 Å². The summed E-state index contributed by atoms with van der Waals surface area (Å²) < 4.78 is 17.8. The van der Waals surface area contributed by atoms with Gasteiger partial charge in [0.25, 0.3) is 0 Å². The van der Waals surface area contributed by atoms with E-state index in [1.807, 2.05) is 79.7 Å². The van der Waals surface area contributed by atoms with E-state index in [2.05, 4.69) is 20.6 Å². The Labute approximate surface area is 229 Å². The molecule has 2 aromatic heterocycles. The van der Waals surface area contributed by atoms with Crippen LogP contribution in [-0.2, 0) is 21.8 Å². The first-order valence-corrected chi connectivity index (χ1v) is 12.7. The number of benzene rings is 3. The summed E-state index contributed by atoms with van der Waals surface area (Å²) in [7, 11) is 0. The van der Waals surface area contributed by atoms with Crippen molar-refractivity contribution in [2.24, 2.45) is 4.99 Å². The number of ether oxygens (including phenoxy) is 2. The van der Waals surface area contributed by atoms with E-state index >= 15 is 0 Å². The largest absolute Gasteiger partial charge is 0.478 e. The number of anilines is 2. The molecule has 0 radical (unpaired) electrons. The zero-order valence-corrected chi connectivity index (χ0v) is 21.6. The highest BCUT2D eigenvalue weighted by molar-refractivity contribution is 6.09. The standard InChI is InChI=1S/C31H26N4O5/c1-31(33-15-22(16-34-31)30(36)37)29-28(25-12-13-32-17-27(25)40-29)35-23-10-11-24-21(14-23)8-5-9-26(24)39-19-38-18-20-6-3-2-4-7-20/h2-17,33,35H,18-19H2,1H3,(H,36,37). The molecule has 200 valence electrons. The number of rotatable bonds is 9. The SMILES string of the molecule is CC1(c2oc3cnccc3c2Nc2ccc3c(OCOCc4ccccc4)cccc3c2)N=CC(C(=O)O)=CN1. The fraction of sp³-hybridized carbons (Fsp3) is 0.129. The summed E-state index contributed by atoms with van der Waals surface area (Å²) >= 11 is 0. The van der Waals surface area contributed by atoms with Gasteiger partial charge in [-0.15, -0.1) is 0 Å². The van der Waals surface area contributed by atoms with Crippen LogP contribution in [0.5, 0.6) is 5.75 Å². The number of carbonyl (C=O) groups is 1. The fourth-order valence-corrected chi connectivity index (χ4v) is 4.59. The number of carboxylic acids is 1. The molecule has 0 aliphatic carbocycles. The van der Waals surface area contributed by atoms with Crippen LogP contribution in [0.3, 0.4) is 0 Å². The molecule has 3 heterocycles. The third-order valence-electron chi connectivity index (χ3n) is 6.67. The van der Waals surface area contributed by atoms with Crippen molar-refractivity contribution in [3.8, 4) is 5.75 Å². The minimum Gasteiger partial charge on any atom is -0.478 e. The van der Waals surface area contributed by atoms with Crippen molar-refractivity contribution in [3.63, 3.8) is 0 Å². The smallest absolute Gasteiger partial charge is 0.338 e. The van der Waals surface area contributed by atoms with Crippen LogP contribution in [0.1, 0.15) is 18.2 Å². The first-order valence-electron chi connectivity index (χ1n) is 12.7. The Hall–Kier alpha value is -5.15. The molecule has 0 amide bonds. The van der Waals surface area contributed by atoms with Gasteiger partial charge in [-0.3, -0.25) is 9.98 Å². The number of nitrogens with one attached hydrogen (secondary N) is 2. The van der Waals surface area contributed by atoms with E-state index in [4.69, 9.17) is 13.9 Å². The first-order chi connectivity index (χ1) is 19.5. The second kappa shape index (κ2) is 10.5. The van der Waals surface area contributed by atoms with Gasteiger partial charge in [0.1, 0.15) is 5.75 Å². The van der Waals surface area contributed by atoms with Gasteiger partial charge in [-0.25, -0.2) is 4.79 Å². The van der Waals surface area contributed by atoms with Crippen molar-refractivity contribution in [1.82, 2.24) is 10.3 Å². The number of hydrogen-bond donors (Lipinski definition) is 3. The molecular weight excluding hydrogens is 508 g/mol. The third-order valence-corrected chi connectivity index (χ3v) is 6.67. The molecule has 6 rings (SSSR count). The second-order valence-electron chi connectivity index (χ2n) is 9.47. The predicted molar refractivity (Wildman–Crippen MR) is 153 cm³/mol. The molecule has 3 aromatic carbocycles. The number of hydrogen-bond acceptors (Lipinski definition) is 8. The molecule has 0 bridgehead atoms. The van der Waals surface area contributed by atoms with E-state index in [1.54, 1.807) is 12.4 Å². The van der Waals surface area contributed by atoms with Gasteiger partial charge in [0.15, 0.2) is 23.8 Å². The molecule has 1 unspecified atom stereocenters. The Morgan fingerprint density at radius 1 is 1.07 bits per heavy atom. The maximum atomic E-state index is 11.4. The maximum absolute atomic E-state index is 11.4. The zero-order chi connectivity index (χ0) is 27.5. The van der Waals surface area contributed by atoms with Gasteiger partial charge >= 0.3 is 5.97 Å². The summed E-state index contributed by atoms with van der Waals surface area (Å²) in [6.45, 7) is 2.43. The summed E-state index contributed by atoms with van der Waals surface area (Å²) in [5, 5.41) is 18.6. The van der Waals surface area contributed by atoms with Gasteiger partial charge in [0.05, 0.1) is 24.1 Å². The van der Waals surface area contributed by atoms with E-state index in [0.717, 1.165) is 33.2 Å². The van der Waals surface area contributed by atoms with Crippen LogP contribution in [0.15, 0.2) is 106 Å². The number of fused-ring (bicyclic) bond motifs is 2. The van der Waals surface area contributed by atoms with Gasteiger partial charge in [-0.1, -0.05) is 42.5 Å². The number of carboxylic acid groups (broad SMARTS) is 1. The number of aliphatic carboxylic acids is 1. The van der Waals surface area contributed by atoms with Crippen LogP contribution in [0.25, 0.3) is 21.7 Å². The molecule has 40 heavy (non-hydrogen) atoms. The lowest BCUT2D eigenvalue weighted by atomic mass is 10.0. The average Bonchev–Trinajstić information content (AvgIpc) is 3.35. The summed E-state index contributed by atoms with van der Waals surface area (Å²) in [5.74, 6) is 0.167. The van der Waals surface area contributed by atoms with Gasteiger partial charge in [0.2, 0.25) is 0 Å². The van der Waals surface area contributed by atoms with Crippen molar-refractivity contribution in [3.05, 3.63) is 108 Å². The molecule has 0 saturated heterocycles. The van der Waals surface area contributed by atoms with Crippen LogP contribution in [-0.4, -0.2) is 29.1 Å².